The van der Waals surface area contributed by atoms with Crippen LogP contribution in [0, 0.1) is 5.92 Å². The molecule has 0 heterocycles. The van der Waals surface area contributed by atoms with Crippen molar-refractivity contribution in [1.82, 2.24) is 5.32 Å². The number of nitrogens with two attached hydrogens (primary N) is 1. The SMILES string of the molecule is CC(C)CNC(=O)COc1cccc(N)c1C(=O)O. The van der Waals surface area contributed by atoms with E-state index in [2.05, 4.69) is 5.32 Å². The number of nitrogen functional groups attached to an aromatic ring is 1. The Kier molecular flexibility index (Phi) is 5.17. The molecule has 0 aliphatic carbocycles. The average Bonchev–Trinajstić information content (AvgIpc) is 2.33. The third kappa shape index (κ3) is 4.50. The van der Waals surface area contributed by atoms with Crippen molar-refractivity contribution in [1.29, 1.82) is 0 Å². The van der Waals surface area contributed by atoms with Crippen molar-refractivity contribution in [3.05, 3.63) is 23.8 Å². The molecule has 0 aliphatic rings. The van der Waals surface area contributed by atoms with Gasteiger partial charge in [-0.2, -0.15) is 0 Å². The summed E-state index contributed by atoms with van der Waals surface area (Å²) in [4.78, 5) is 22.5. The van der Waals surface area contributed by atoms with Gasteiger partial charge in [0.2, 0.25) is 0 Å². The van der Waals surface area contributed by atoms with Crippen LogP contribution in [0.2, 0.25) is 0 Å². The van der Waals surface area contributed by atoms with Crippen molar-refractivity contribution in [2.24, 2.45) is 5.92 Å². The van der Waals surface area contributed by atoms with Gasteiger partial charge in [0, 0.05) is 12.2 Å². The highest BCUT2D eigenvalue weighted by molar-refractivity contribution is 5.96. The van der Waals surface area contributed by atoms with Gasteiger partial charge in [0.05, 0.1) is 0 Å². The quantitative estimate of drug-likeness (QED) is 0.670. The second kappa shape index (κ2) is 6.63. The maximum atomic E-state index is 11.5. The van der Waals surface area contributed by atoms with Crippen molar-refractivity contribution in [3.63, 3.8) is 0 Å². The van der Waals surface area contributed by atoms with Crippen LogP contribution in [0.1, 0.15) is 24.2 Å². The minimum atomic E-state index is -1.18. The van der Waals surface area contributed by atoms with E-state index >= 15 is 0 Å². The Morgan fingerprint density at radius 1 is 1.42 bits per heavy atom. The molecule has 104 valence electrons. The number of carbonyl (C=O) groups excluding carboxylic acids is 1. The summed E-state index contributed by atoms with van der Waals surface area (Å²) in [6.07, 6.45) is 0. The van der Waals surface area contributed by atoms with Crippen LogP contribution in [0.5, 0.6) is 5.75 Å². The molecule has 0 aliphatic heterocycles. The third-order valence-electron chi connectivity index (χ3n) is 2.34. The van der Waals surface area contributed by atoms with E-state index in [1.54, 1.807) is 6.07 Å². The Labute approximate surface area is 111 Å². The summed E-state index contributed by atoms with van der Waals surface area (Å²) in [5.74, 6) is -1.05. The monoisotopic (exact) mass is 266 g/mol. The Balaban J connectivity index is 2.65. The Hall–Kier alpha value is -2.24. The molecule has 1 aromatic carbocycles. The third-order valence-corrected chi connectivity index (χ3v) is 2.34. The molecule has 0 radical (unpaired) electrons. The fraction of sp³-hybridized carbons (Fsp3) is 0.385. The second-order valence-corrected chi connectivity index (χ2v) is 4.51. The Morgan fingerprint density at radius 3 is 2.68 bits per heavy atom. The fourth-order valence-electron chi connectivity index (χ4n) is 1.41. The van der Waals surface area contributed by atoms with Gasteiger partial charge in [-0.05, 0) is 18.1 Å². The van der Waals surface area contributed by atoms with E-state index < -0.39 is 5.97 Å². The highest BCUT2D eigenvalue weighted by Gasteiger charge is 2.15. The largest absolute Gasteiger partial charge is 0.483 e. The number of nitrogens with one attached hydrogen (secondary N) is 1. The number of hydrogen-bond donors (Lipinski definition) is 3. The van der Waals surface area contributed by atoms with Crippen LogP contribution in [0.15, 0.2) is 18.2 Å². The topological polar surface area (TPSA) is 102 Å². The highest BCUT2D eigenvalue weighted by Crippen LogP contribution is 2.24. The van der Waals surface area contributed by atoms with Gasteiger partial charge in [0.1, 0.15) is 11.3 Å². The van der Waals surface area contributed by atoms with Crippen LogP contribution in [-0.2, 0) is 4.79 Å². The van der Waals surface area contributed by atoms with E-state index in [1.807, 2.05) is 13.8 Å². The van der Waals surface area contributed by atoms with E-state index in [1.165, 1.54) is 12.1 Å². The van der Waals surface area contributed by atoms with Crippen molar-refractivity contribution in [2.75, 3.05) is 18.9 Å². The number of carbonyl (C=O) groups is 2. The summed E-state index contributed by atoms with van der Waals surface area (Å²) in [7, 11) is 0. The first-order valence-corrected chi connectivity index (χ1v) is 5.93. The molecule has 0 atom stereocenters. The lowest BCUT2D eigenvalue weighted by atomic mass is 10.1. The van der Waals surface area contributed by atoms with Gasteiger partial charge in [0.25, 0.3) is 5.91 Å². The maximum Gasteiger partial charge on any atom is 0.341 e. The van der Waals surface area contributed by atoms with Gasteiger partial charge in [-0.15, -0.1) is 0 Å². The fourth-order valence-corrected chi connectivity index (χ4v) is 1.41. The molecule has 0 bridgehead atoms. The number of aromatic carboxylic acids is 1. The number of hydrogen-bond acceptors (Lipinski definition) is 4. The number of anilines is 1. The summed E-state index contributed by atoms with van der Waals surface area (Å²) in [6.45, 7) is 4.25. The molecule has 0 unspecified atom stereocenters. The first-order chi connectivity index (χ1) is 8.91. The molecule has 0 saturated carbocycles. The van der Waals surface area contributed by atoms with Gasteiger partial charge in [-0.25, -0.2) is 4.79 Å². The lowest BCUT2D eigenvalue weighted by molar-refractivity contribution is -0.123. The predicted molar refractivity (Wildman–Crippen MR) is 71.2 cm³/mol. The Morgan fingerprint density at radius 2 is 2.11 bits per heavy atom. The molecule has 0 aromatic heterocycles. The molecular weight excluding hydrogens is 248 g/mol. The minimum absolute atomic E-state index is 0.0900. The molecule has 19 heavy (non-hydrogen) atoms. The smallest absolute Gasteiger partial charge is 0.341 e. The van der Waals surface area contributed by atoms with Crippen LogP contribution in [-0.4, -0.2) is 30.1 Å². The van der Waals surface area contributed by atoms with Crippen LogP contribution in [0.4, 0.5) is 5.69 Å². The van der Waals surface area contributed by atoms with Gasteiger partial charge >= 0.3 is 5.97 Å². The van der Waals surface area contributed by atoms with E-state index in [9.17, 15) is 9.59 Å². The normalized spacial score (nSPS) is 10.3. The molecule has 1 amide bonds. The standard InChI is InChI=1S/C13H18N2O4/c1-8(2)6-15-11(16)7-19-10-5-3-4-9(14)12(10)13(17)18/h3-5,8H,6-7,14H2,1-2H3,(H,15,16)(H,17,18). The minimum Gasteiger partial charge on any atom is -0.483 e. The molecule has 0 fully saturated rings. The lowest BCUT2D eigenvalue weighted by Gasteiger charge is -2.11. The second-order valence-electron chi connectivity index (χ2n) is 4.51. The summed E-state index contributed by atoms with van der Waals surface area (Å²) in [5.41, 5.74) is 5.54. The molecule has 1 rings (SSSR count). The molecule has 1 aromatic rings. The molecule has 6 nitrogen and oxygen atoms in total. The number of rotatable bonds is 6. The summed E-state index contributed by atoms with van der Waals surface area (Å²) < 4.78 is 5.20. The van der Waals surface area contributed by atoms with Gasteiger partial charge in [-0.1, -0.05) is 19.9 Å². The molecule has 4 N–H and O–H groups in total. The van der Waals surface area contributed by atoms with Crippen molar-refractivity contribution >= 4 is 17.6 Å². The molecular formula is C13H18N2O4. The first kappa shape index (κ1) is 14.8. The number of ether oxygens (including phenoxy) is 1. The number of carboxylic acid groups (broad SMARTS) is 1. The first-order valence-electron chi connectivity index (χ1n) is 5.93. The number of carboxylic acids is 1. The van der Waals surface area contributed by atoms with Gasteiger partial charge in [-0.3, -0.25) is 4.79 Å². The predicted octanol–water partition coefficient (Wildman–Crippen LogP) is 1.12. The zero-order chi connectivity index (χ0) is 14.4. The van der Waals surface area contributed by atoms with Gasteiger partial charge < -0.3 is 20.9 Å². The average molecular weight is 266 g/mol. The molecule has 0 spiro atoms. The summed E-state index contributed by atoms with van der Waals surface area (Å²) in [6, 6.07) is 4.51. The van der Waals surface area contributed by atoms with Gasteiger partial charge in [0.15, 0.2) is 6.61 Å². The van der Waals surface area contributed by atoms with Crippen molar-refractivity contribution in [3.8, 4) is 5.75 Å². The van der Waals surface area contributed by atoms with Crippen LogP contribution in [0.25, 0.3) is 0 Å². The molecule has 6 heteroatoms. The molecule has 0 saturated heterocycles. The Bertz CT molecular complexity index is 472. The van der Waals surface area contributed by atoms with E-state index in [4.69, 9.17) is 15.6 Å². The zero-order valence-electron chi connectivity index (χ0n) is 11.0. The van der Waals surface area contributed by atoms with E-state index in [-0.39, 0.29) is 29.5 Å². The van der Waals surface area contributed by atoms with Crippen LogP contribution < -0.4 is 15.8 Å². The highest BCUT2D eigenvalue weighted by atomic mass is 16.5. The number of amides is 1. The lowest BCUT2D eigenvalue weighted by Crippen LogP contribution is -2.32. The number of benzene rings is 1. The van der Waals surface area contributed by atoms with E-state index in [0.717, 1.165) is 0 Å². The van der Waals surface area contributed by atoms with Crippen molar-refractivity contribution < 1.29 is 19.4 Å². The van der Waals surface area contributed by atoms with Crippen LogP contribution in [0.3, 0.4) is 0 Å². The zero-order valence-corrected chi connectivity index (χ0v) is 11.0. The van der Waals surface area contributed by atoms with E-state index in [0.29, 0.717) is 12.5 Å². The van der Waals surface area contributed by atoms with Crippen LogP contribution >= 0.6 is 0 Å². The maximum absolute atomic E-state index is 11.5. The summed E-state index contributed by atoms with van der Waals surface area (Å²) >= 11 is 0. The summed E-state index contributed by atoms with van der Waals surface area (Å²) in [5, 5.41) is 11.7. The van der Waals surface area contributed by atoms with Crippen molar-refractivity contribution in [2.45, 2.75) is 13.8 Å².